The summed E-state index contributed by atoms with van der Waals surface area (Å²) in [4.78, 5) is 7.26. The molecule has 2 atom stereocenters. The van der Waals surface area contributed by atoms with E-state index >= 15 is 0 Å². The number of rotatable bonds is 5. The fourth-order valence-corrected chi connectivity index (χ4v) is 4.37. The van der Waals surface area contributed by atoms with Crippen molar-refractivity contribution in [2.45, 2.75) is 31.7 Å². The van der Waals surface area contributed by atoms with Crippen LogP contribution in [0.5, 0.6) is 0 Å². The molecular weight excluding hydrogens is 338 g/mol. The average Bonchev–Trinajstić information content (AvgIpc) is 3.16. The van der Waals surface area contributed by atoms with Crippen LogP contribution in [0.25, 0.3) is 0 Å². The van der Waals surface area contributed by atoms with E-state index in [-0.39, 0.29) is 6.10 Å². The zero-order valence-corrected chi connectivity index (χ0v) is 16.2. The Kier molecular flexibility index (Phi) is 5.88. The lowest BCUT2D eigenvalue weighted by Gasteiger charge is -2.44. The molecule has 1 N–H and O–H groups in total. The topological polar surface area (TPSA) is 47.8 Å². The van der Waals surface area contributed by atoms with Gasteiger partial charge in [0.1, 0.15) is 0 Å². The van der Waals surface area contributed by atoms with E-state index in [1.54, 1.807) is 0 Å². The third-order valence-corrected chi connectivity index (χ3v) is 5.94. The molecule has 2 fully saturated rings. The van der Waals surface area contributed by atoms with Crippen LogP contribution in [-0.2, 0) is 13.1 Å². The Hall–Kier alpha value is -1.73. The van der Waals surface area contributed by atoms with Crippen LogP contribution in [0.3, 0.4) is 0 Å². The van der Waals surface area contributed by atoms with Crippen LogP contribution in [0, 0.1) is 0 Å². The summed E-state index contributed by atoms with van der Waals surface area (Å²) in [6.45, 7) is 7.89. The Morgan fingerprint density at radius 3 is 2.52 bits per heavy atom. The minimum absolute atomic E-state index is 0.255. The van der Waals surface area contributed by atoms with E-state index in [0.29, 0.717) is 6.04 Å². The number of aromatic nitrogens is 2. The van der Waals surface area contributed by atoms with Gasteiger partial charge < -0.3 is 10.0 Å². The second-order valence-electron chi connectivity index (χ2n) is 8.02. The Morgan fingerprint density at radius 1 is 1.04 bits per heavy atom. The van der Waals surface area contributed by atoms with Crippen molar-refractivity contribution in [3.63, 3.8) is 0 Å². The maximum atomic E-state index is 10.8. The summed E-state index contributed by atoms with van der Waals surface area (Å²) < 4.78 is 1.95. The summed E-state index contributed by atoms with van der Waals surface area (Å²) in [5.41, 5.74) is 2.58. The van der Waals surface area contributed by atoms with Crippen LogP contribution in [-0.4, -0.2) is 88.0 Å². The van der Waals surface area contributed by atoms with Gasteiger partial charge in [0.15, 0.2) is 0 Å². The molecule has 0 bridgehead atoms. The molecule has 0 saturated carbocycles. The molecule has 2 aromatic rings. The Bertz CT molecular complexity index is 711. The number of likely N-dealkylation sites (tertiary alicyclic amines) is 1. The molecule has 0 aliphatic carbocycles. The number of hydrogen-bond donors (Lipinski definition) is 1. The first-order valence-electron chi connectivity index (χ1n) is 10.1. The molecule has 27 heavy (non-hydrogen) atoms. The number of hydrogen-bond acceptors (Lipinski definition) is 5. The van der Waals surface area contributed by atoms with Crippen LogP contribution in [0.1, 0.15) is 17.5 Å². The van der Waals surface area contributed by atoms with E-state index in [1.807, 2.05) is 23.1 Å². The standard InChI is InChI=1S/C21H31N5O/c1-23-10-12-25(13-11-23)20-6-9-24(17-21(20)27)15-18-4-2-5-19(14-18)16-26-8-3-7-22-26/h2-5,7-8,14,20-21,27H,6,9-13,15-17H2,1H3/t20-,21-/m1/s1. The largest absolute Gasteiger partial charge is 0.390 e. The minimum Gasteiger partial charge on any atom is -0.390 e. The molecule has 4 rings (SSSR count). The lowest BCUT2D eigenvalue weighted by atomic mass is 9.98. The molecule has 2 aliphatic rings. The van der Waals surface area contributed by atoms with Crippen LogP contribution >= 0.6 is 0 Å². The molecule has 1 aromatic heterocycles. The second-order valence-corrected chi connectivity index (χ2v) is 8.02. The number of aliphatic hydroxyl groups excluding tert-OH is 1. The van der Waals surface area contributed by atoms with Gasteiger partial charge in [-0.3, -0.25) is 14.5 Å². The lowest BCUT2D eigenvalue weighted by molar-refractivity contribution is -0.0286. The van der Waals surface area contributed by atoms with E-state index in [1.165, 1.54) is 11.1 Å². The predicted octanol–water partition coefficient (Wildman–Crippen LogP) is 1.11. The fraction of sp³-hybridized carbons (Fsp3) is 0.571. The quantitative estimate of drug-likeness (QED) is 0.856. The summed E-state index contributed by atoms with van der Waals surface area (Å²) in [5, 5.41) is 15.0. The monoisotopic (exact) mass is 369 g/mol. The van der Waals surface area contributed by atoms with E-state index in [4.69, 9.17) is 0 Å². The highest BCUT2D eigenvalue weighted by Crippen LogP contribution is 2.20. The van der Waals surface area contributed by atoms with Gasteiger partial charge in [-0.25, -0.2) is 0 Å². The maximum absolute atomic E-state index is 10.8. The molecule has 3 heterocycles. The van der Waals surface area contributed by atoms with Crippen molar-refractivity contribution >= 4 is 0 Å². The number of aliphatic hydroxyl groups is 1. The zero-order chi connectivity index (χ0) is 18.6. The summed E-state index contributed by atoms with van der Waals surface area (Å²) in [6, 6.07) is 11.0. The van der Waals surface area contributed by atoms with Crippen molar-refractivity contribution in [1.82, 2.24) is 24.5 Å². The molecule has 146 valence electrons. The van der Waals surface area contributed by atoms with Crippen molar-refractivity contribution in [3.05, 3.63) is 53.9 Å². The number of β-amino-alcohol motifs (C(OH)–C–C–N with tert-alkyl or cyclic N) is 1. The van der Waals surface area contributed by atoms with Gasteiger partial charge in [-0.05, 0) is 30.7 Å². The van der Waals surface area contributed by atoms with Crippen molar-refractivity contribution in [1.29, 1.82) is 0 Å². The number of likely N-dealkylation sites (N-methyl/N-ethyl adjacent to an activating group) is 1. The molecule has 6 heteroatoms. The Morgan fingerprint density at radius 2 is 1.81 bits per heavy atom. The Balaban J connectivity index is 1.32. The molecule has 0 radical (unpaired) electrons. The highest BCUT2D eigenvalue weighted by atomic mass is 16.3. The van der Waals surface area contributed by atoms with E-state index in [0.717, 1.165) is 58.8 Å². The normalized spacial score (nSPS) is 25.7. The van der Waals surface area contributed by atoms with Crippen LogP contribution in [0.4, 0.5) is 0 Å². The highest BCUT2D eigenvalue weighted by molar-refractivity contribution is 5.23. The molecule has 0 unspecified atom stereocenters. The molecule has 0 amide bonds. The van der Waals surface area contributed by atoms with E-state index < -0.39 is 0 Å². The summed E-state index contributed by atoms with van der Waals surface area (Å²) in [5.74, 6) is 0. The number of nitrogens with zero attached hydrogens (tertiary/aromatic N) is 5. The van der Waals surface area contributed by atoms with Gasteiger partial charge in [0.2, 0.25) is 0 Å². The predicted molar refractivity (Wildman–Crippen MR) is 107 cm³/mol. The zero-order valence-electron chi connectivity index (χ0n) is 16.2. The van der Waals surface area contributed by atoms with Crippen molar-refractivity contribution in [2.75, 3.05) is 46.3 Å². The average molecular weight is 370 g/mol. The van der Waals surface area contributed by atoms with Gasteiger partial charge in [-0.15, -0.1) is 0 Å². The van der Waals surface area contributed by atoms with Gasteiger partial charge in [0.05, 0.1) is 12.6 Å². The smallest absolute Gasteiger partial charge is 0.0822 e. The summed E-state index contributed by atoms with van der Waals surface area (Å²) in [7, 11) is 2.18. The summed E-state index contributed by atoms with van der Waals surface area (Å²) in [6.07, 6.45) is 4.61. The van der Waals surface area contributed by atoms with Crippen LogP contribution < -0.4 is 0 Å². The maximum Gasteiger partial charge on any atom is 0.0822 e. The molecule has 2 saturated heterocycles. The van der Waals surface area contributed by atoms with Gasteiger partial charge >= 0.3 is 0 Å². The van der Waals surface area contributed by atoms with Crippen molar-refractivity contribution in [3.8, 4) is 0 Å². The number of piperazine rings is 1. The molecule has 6 nitrogen and oxygen atoms in total. The minimum atomic E-state index is -0.255. The molecular formula is C21H31N5O. The van der Waals surface area contributed by atoms with E-state index in [9.17, 15) is 5.11 Å². The van der Waals surface area contributed by atoms with Crippen LogP contribution in [0.15, 0.2) is 42.7 Å². The van der Waals surface area contributed by atoms with Gasteiger partial charge in [0, 0.05) is 64.2 Å². The number of benzene rings is 1. The van der Waals surface area contributed by atoms with Gasteiger partial charge in [-0.1, -0.05) is 24.3 Å². The third-order valence-electron chi connectivity index (χ3n) is 5.94. The summed E-state index contributed by atoms with van der Waals surface area (Å²) >= 11 is 0. The fourth-order valence-electron chi connectivity index (χ4n) is 4.37. The van der Waals surface area contributed by atoms with Gasteiger partial charge in [-0.2, -0.15) is 5.10 Å². The van der Waals surface area contributed by atoms with E-state index in [2.05, 4.69) is 51.1 Å². The first-order valence-corrected chi connectivity index (χ1v) is 10.1. The second kappa shape index (κ2) is 8.52. The third kappa shape index (κ3) is 4.76. The van der Waals surface area contributed by atoms with Crippen LogP contribution in [0.2, 0.25) is 0 Å². The first kappa shape index (κ1) is 18.6. The molecule has 2 aliphatic heterocycles. The van der Waals surface area contributed by atoms with Crippen molar-refractivity contribution < 1.29 is 5.11 Å². The Labute approximate surface area is 162 Å². The first-order chi connectivity index (χ1) is 13.2. The van der Waals surface area contributed by atoms with Gasteiger partial charge in [0.25, 0.3) is 0 Å². The van der Waals surface area contributed by atoms with Crippen molar-refractivity contribution in [2.24, 2.45) is 0 Å². The molecule has 1 aromatic carbocycles. The lowest BCUT2D eigenvalue weighted by Crippen LogP contribution is -2.58. The molecule has 0 spiro atoms. The number of piperidine rings is 1. The SMILES string of the molecule is CN1CCN([C@@H]2CCN(Cc3cccc(Cn4cccn4)c3)C[C@H]2O)CC1. The highest BCUT2D eigenvalue weighted by Gasteiger charge is 2.33.